The van der Waals surface area contributed by atoms with E-state index in [4.69, 9.17) is 28.3 Å². The molecule has 108 valence electrons. The van der Waals surface area contributed by atoms with E-state index in [-0.39, 0.29) is 5.91 Å². The molecule has 1 amide bonds. The zero-order valence-corrected chi connectivity index (χ0v) is 12.4. The second-order valence-electron chi connectivity index (χ2n) is 4.29. The minimum Gasteiger partial charge on any atom is -0.481 e. The minimum absolute atomic E-state index is 0.299. The van der Waals surface area contributed by atoms with E-state index in [1.807, 2.05) is 0 Å². The van der Waals surface area contributed by atoms with Crippen LogP contribution in [0, 0.1) is 5.92 Å². The summed E-state index contributed by atoms with van der Waals surface area (Å²) < 4.78 is 0. The van der Waals surface area contributed by atoms with Crippen molar-refractivity contribution in [1.29, 1.82) is 0 Å². The van der Waals surface area contributed by atoms with Gasteiger partial charge in [0, 0.05) is 28.2 Å². The molecule has 6 heteroatoms. The van der Waals surface area contributed by atoms with E-state index in [0.717, 1.165) is 0 Å². The van der Waals surface area contributed by atoms with Crippen LogP contribution in [0.2, 0.25) is 10.0 Å². The molecular weight excluding hydrogens is 301 g/mol. The van der Waals surface area contributed by atoms with E-state index in [1.54, 1.807) is 25.1 Å². The highest BCUT2D eigenvalue weighted by Gasteiger charge is 2.10. The lowest BCUT2D eigenvalue weighted by atomic mass is 10.1. The Morgan fingerprint density at radius 2 is 1.95 bits per heavy atom. The molecule has 1 aromatic rings. The molecule has 0 radical (unpaired) electrons. The van der Waals surface area contributed by atoms with Gasteiger partial charge in [-0.2, -0.15) is 0 Å². The van der Waals surface area contributed by atoms with Crippen LogP contribution in [0.1, 0.15) is 18.9 Å². The Hall–Kier alpha value is -1.52. The normalized spacial score (nSPS) is 12.3. The van der Waals surface area contributed by atoms with E-state index >= 15 is 0 Å². The fraction of sp³-hybridized carbons (Fsp3) is 0.286. The molecule has 4 nitrogen and oxygen atoms in total. The molecule has 0 saturated heterocycles. The van der Waals surface area contributed by atoms with Crippen LogP contribution >= 0.6 is 23.2 Å². The topological polar surface area (TPSA) is 66.4 Å². The van der Waals surface area contributed by atoms with Gasteiger partial charge in [-0.05, 0) is 24.6 Å². The highest BCUT2D eigenvalue weighted by atomic mass is 35.5. The van der Waals surface area contributed by atoms with E-state index < -0.39 is 11.9 Å². The Morgan fingerprint density at radius 3 is 2.50 bits per heavy atom. The maximum absolute atomic E-state index is 11.6. The van der Waals surface area contributed by atoms with E-state index in [9.17, 15) is 9.59 Å². The molecule has 0 saturated carbocycles. The highest BCUT2D eigenvalue weighted by Crippen LogP contribution is 2.25. The van der Waals surface area contributed by atoms with Crippen LogP contribution in [-0.2, 0) is 9.59 Å². The Kier molecular flexibility index (Phi) is 6.55. The average molecular weight is 316 g/mol. The zero-order valence-electron chi connectivity index (χ0n) is 10.9. The lowest BCUT2D eigenvalue weighted by Crippen LogP contribution is -2.25. The van der Waals surface area contributed by atoms with E-state index in [0.29, 0.717) is 28.6 Å². The van der Waals surface area contributed by atoms with E-state index in [1.165, 1.54) is 12.2 Å². The molecule has 0 aliphatic carbocycles. The predicted molar refractivity (Wildman–Crippen MR) is 79.9 cm³/mol. The molecule has 0 aliphatic rings. The first-order chi connectivity index (χ1) is 9.41. The fourth-order valence-corrected chi connectivity index (χ4v) is 1.95. The van der Waals surface area contributed by atoms with Crippen molar-refractivity contribution in [3.05, 3.63) is 39.9 Å². The van der Waals surface area contributed by atoms with Gasteiger partial charge in [0.15, 0.2) is 0 Å². The van der Waals surface area contributed by atoms with Crippen molar-refractivity contribution in [2.45, 2.75) is 13.3 Å². The van der Waals surface area contributed by atoms with Gasteiger partial charge in [-0.25, -0.2) is 0 Å². The molecule has 0 fully saturated rings. The summed E-state index contributed by atoms with van der Waals surface area (Å²) in [6.07, 6.45) is 3.22. The van der Waals surface area contributed by atoms with Crippen molar-refractivity contribution < 1.29 is 14.7 Å². The number of nitrogens with one attached hydrogen (secondary N) is 1. The molecule has 0 aliphatic heterocycles. The third kappa shape index (κ3) is 5.23. The molecule has 0 heterocycles. The molecule has 0 spiro atoms. The van der Waals surface area contributed by atoms with E-state index in [2.05, 4.69) is 5.32 Å². The molecule has 1 unspecified atom stereocenters. The number of aliphatic carboxylic acids is 1. The summed E-state index contributed by atoms with van der Waals surface area (Å²) in [5.41, 5.74) is 0.574. The van der Waals surface area contributed by atoms with Crippen molar-refractivity contribution in [2.24, 2.45) is 5.92 Å². The van der Waals surface area contributed by atoms with Gasteiger partial charge >= 0.3 is 5.97 Å². The molecule has 0 aromatic heterocycles. The summed E-state index contributed by atoms with van der Waals surface area (Å²) in [5, 5.41) is 12.2. The van der Waals surface area contributed by atoms with Gasteiger partial charge < -0.3 is 10.4 Å². The standard InChI is InChI=1S/C14H15Cl2NO3/c1-9(14(19)20)7-8-17-13(18)6-5-10-11(15)3-2-4-12(10)16/h2-6,9H,7-8H2,1H3,(H,17,18)(H,19,20)/b6-5+. The van der Waals surface area contributed by atoms with Crippen LogP contribution in [-0.4, -0.2) is 23.5 Å². The third-order valence-corrected chi connectivity index (χ3v) is 3.36. The largest absolute Gasteiger partial charge is 0.481 e. The van der Waals surface area contributed by atoms with Crippen molar-refractivity contribution in [2.75, 3.05) is 6.54 Å². The monoisotopic (exact) mass is 315 g/mol. The Morgan fingerprint density at radius 1 is 1.35 bits per heavy atom. The van der Waals surface area contributed by atoms with Crippen molar-refractivity contribution >= 4 is 41.2 Å². The van der Waals surface area contributed by atoms with Gasteiger partial charge in [-0.3, -0.25) is 9.59 Å². The van der Waals surface area contributed by atoms with Gasteiger partial charge in [-0.15, -0.1) is 0 Å². The van der Waals surface area contributed by atoms with Crippen LogP contribution in [0.5, 0.6) is 0 Å². The summed E-state index contributed by atoms with van der Waals surface area (Å²) in [4.78, 5) is 22.2. The van der Waals surface area contributed by atoms with Gasteiger partial charge in [0.05, 0.1) is 5.92 Å². The number of carbonyl (C=O) groups excluding carboxylic acids is 1. The van der Waals surface area contributed by atoms with Crippen LogP contribution in [0.15, 0.2) is 24.3 Å². The highest BCUT2D eigenvalue weighted by molar-refractivity contribution is 6.37. The second kappa shape index (κ2) is 7.92. The lowest BCUT2D eigenvalue weighted by Gasteiger charge is -2.06. The number of benzene rings is 1. The van der Waals surface area contributed by atoms with Crippen molar-refractivity contribution in [1.82, 2.24) is 5.32 Å². The number of rotatable bonds is 6. The summed E-state index contributed by atoms with van der Waals surface area (Å²) >= 11 is 11.9. The molecule has 1 atom stereocenters. The Bertz CT molecular complexity index is 509. The molecule has 1 aromatic carbocycles. The summed E-state index contributed by atoms with van der Waals surface area (Å²) in [6, 6.07) is 5.08. The van der Waals surface area contributed by atoms with Gasteiger partial charge in [0.1, 0.15) is 0 Å². The zero-order chi connectivity index (χ0) is 15.1. The number of hydrogen-bond acceptors (Lipinski definition) is 2. The summed E-state index contributed by atoms with van der Waals surface area (Å²) in [6.45, 7) is 1.89. The summed E-state index contributed by atoms with van der Waals surface area (Å²) in [7, 11) is 0. The summed E-state index contributed by atoms with van der Waals surface area (Å²) in [5.74, 6) is -1.69. The van der Waals surface area contributed by atoms with Crippen LogP contribution < -0.4 is 5.32 Å². The van der Waals surface area contributed by atoms with Crippen molar-refractivity contribution in [3.8, 4) is 0 Å². The Balaban J connectivity index is 2.50. The minimum atomic E-state index is -0.877. The quantitative estimate of drug-likeness (QED) is 0.792. The smallest absolute Gasteiger partial charge is 0.306 e. The van der Waals surface area contributed by atoms with Crippen LogP contribution in [0.4, 0.5) is 0 Å². The number of carboxylic acid groups (broad SMARTS) is 1. The number of carboxylic acids is 1. The van der Waals surface area contributed by atoms with Crippen LogP contribution in [0.25, 0.3) is 6.08 Å². The third-order valence-electron chi connectivity index (χ3n) is 2.70. The predicted octanol–water partition coefficient (Wildman–Crippen LogP) is 3.23. The van der Waals surface area contributed by atoms with Gasteiger partial charge in [0.2, 0.25) is 5.91 Å². The number of amides is 1. The maximum Gasteiger partial charge on any atom is 0.306 e. The lowest BCUT2D eigenvalue weighted by molar-refractivity contribution is -0.141. The maximum atomic E-state index is 11.6. The first-order valence-electron chi connectivity index (χ1n) is 6.04. The average Bonchev–Trinajstić information content (AvgIpc) is 2.37. The number of carbonyl (C=O) groups is 2. The Labute approximate surface area is 127 Å². The molecular formula is C14H15Cl2NO3. The SMILES string of the molecule is CC(CCNC(=O)/C=C/c1c(Cl)cccc1Cl)C(=O)O. The van der Waals surface area contributed by atoms with Crippen molar-refractivity contribution in [3.63, 3.8) is 0 Å². The first kappa shape index (κ1) is 16.5. The molecule has 20 heavy (non-hydrogen) atoms. The second-order valence-corrected chi connectivity index (χ2v) is 5.10. The number of halogens is 2. The molecule has 1 rings (SSSR count). The number of hydrogen-bond donors (Lipinski definition) is 2. The molecule has 0 bridgehead atoms. The fourth-order valence-electron chi connectivity index (χ4n) is 1.42. The van der Waals surface area contributed by atoms with Gasteiger partial charge in [0.25, 0.3) is 0 Å². The van der Waals surface area contributed by atoms with Gasteiger partial charge in [-0.1, -0.05) is 36.2 Å². The first-order valence-corrected chi connectivity index (χ1v) is 6.80. The molecule has 2 N–H and O–H groups in total. The van der Waals surface area contributed by atoms with Crippen LogP contribution in [0.3, 0.4) is 0 Å².